The van der Waals surface area contributed by atoms with Gasteiger partial charge in [0.1, 0.15) is 0 Å². The van der Waals surface area contributed by atoms with Crippen LogP contribution in [-0.4, -0.2) is 4.57 Å². The molecule has 3 heteroatoms. The van der Waals surface area contributed by atoms with Crippen LogP contribution in [0.2, 0.25) is 0 Å². The molecule has 0 atom stereocenters. The number of hydrogen-bond donors (Lipinski definition) is 0. The Kier molecular flexibility index (Phi) is 9.05. The lowest BCUT2D eigenvalue weighted by Crippen LogP contribution is -2.37. The molecule has 0 radical (unpaired) electrons. The summed E-state index contributed by atoms with van der Waals surface area (Å²) in [6.45, 7) is 0. The number of nitrogens with zero attached hydrogens (tertiary/aromatic N) is 3. The summed E-state index contributed by atoms with van der Waals surface area (Å²) in [6, 6.07) is 94.9. The first-order chi connectivity index (χ1) is 31.8. The van der Waals surface area contributed by atoms with Gasteiger partial charge in [0, 0.05) is 39.2 Å². The largest absolute Gasteiger partial charge is 0.311 e. The van der Waals surface area contributed by atoms with Gasteiger partial charge in [0.05, 0.1) is 27.8 Å². The molecule has 0 saturated carbocycles. The van der Waals surface area contributed by atoms with E-state index in [1.165, 1.54) is 55.2 Å². The van der Waals surface area contributed by atoms with Gasteiger partial charge in [-0.1, -0.05) is 170 Å². The van der Waals surface area contributed by atoms with E-state index in [0.717, 1.165) is 39.8 Å². The average molecular weight is 818 g/mol. The van der Waals surface area contributed by atoms with E-state index >= 15 is 0 Å². The number of anilines is 6. The highest BCUT2D eigenvalue weighted by molar-refractivity contribution is 6.10. The van der Waals surface area contributed by atoms with Crippen molar-refractivity contribution in [3.8, 4) is 16.8 Å². The van der Waals surface area contributed by atoms with Crippen molar-refractivity contribution >= 4 is 55.9 Å². The molecule has 3 nitrogen and oxygen atoms in total. The second kappa shape index (κ2) is 15.5. The normalized spacial score (nSPS) is 12.8. The molecular formula is C61H43N3. The van der Waals surface area contributed by atoms with Gasteiger partial charge in [0.15, 0.2) is 0 Å². The molecule has 12 rings (SSSR count). The van der Waals surface area contributed by atoms with Crippen molar-refractivity contribution in [3.63, 3.8) is 0 Å². The summed E-state index contributed by atoms with van der Waals surface area (Å²) >= 11 is 0. The molecule has 0 amide bonds. The van der Waals surface area contributed by atoms with Crippen LogP contribution in [0.3, 0.4) is 0 Å². The Morgan fingerprint density at radius 1 is 0.312 bits per heavy atom. The number of fused-ring (bicyclic) bond motifs is 5. The minimum absolute atomic E-state index is 0.607. The van der Waals surface area contributed by atoms with Crippen LogP contribution in [0.25, 0.3) is 38.6 Å². The summed E-state index contributed by atoms with van der Waals surface area (Å²) in [4.78, 5) is 4.75. The number of benzene rings is 10. The quantitative estimate of drug-likeness (QED) is 0.151. The number of rotatable bonds is 8. The SMILES string of the molecule is c1ccc(N(c2ccccc2)c2ccc(-c3ccc(N4c5ccccc5C(c5ccccc5)(c5ccc6c(c5)c5ccccc5n6-c5ccccc5)c5ccccc54)cc3)cc2)cc1. The zero-order chi connectivity index (χ0) is 42.5. The molecule has 0 bridgehead atoms. The molecule has 11 aromatic rings. The van der Waals surface area contributed by atoms with Crippen molar-refractivity contribution in [3.05, 3.63) is 283 Å². The smallest absolute Gasteiger partial charge is 0.0742 e. The molecule has 0 fully saturated rings. The predicted molar refractivity (Wildman–Crippen MR) is 267 cm³/mol. The van der Waals surface area contributed by atoms with Gasteiger partial charge in [-0.3, -0.25) is 0 Å². The standard InChI is InChI=1S/C61H43N3/c1-5-19-46(20-6-1)61(47-37-42-58-54(43-47)53-27-13-16-30-57(53)63(58)50-25-11-4-12-26-50)55-28-14-17-31-59(55)64(60-32-18-15-29-56(60)61)52-40-35-45(36-41-52)44-33-38-51(39-34-44)62(48-21-7-2-8-22-48)49-23-9-3-10-24-49/h1-43H. The molecule has 1 aromatic heterocycles. The van der Waals surface area contributed by atoms with Crippen molar-refractivity contribution in [2.75, 3.05) is 9.80 Å². The van der Waals surface area contributed by atoms with Crippen molar-refractivity contribution in [1.29, 1.82) is 0 Å². The Balaban J connectivity index is 0.982. The molecule has 0 aliphatic carbocycles. The highest BCUT2D eigenvalue weighted by atomic mass is 15.2. The molecule has 2 heterocycles. The van der Waals surface area contributed by atoms with E-state index in [1.807, 2.05) is 0 Å². The number of hydrogen-bond acceptors (Lipinski definition) is 2. The first kappa shape index (κ1) is 37.4. The molecule has 0 spiro atoms. The van der Waals surface area contributed by atoms with Gasteiger partial charge in [-0.15, -0.1) is 0 Å². The Hall–Kier alpha value is -8.40. The lowest BCUT2D eigenvalue weighted by molar-refractivity contribution is 0.732. The second-order valence-electron chi connectivity index (χ2n) is 16.5. The minimum Gasteiger partial charge on any atom is -0.311 e. The molecular weight excluding hydrogens is 775 g/mol. The third-order valence-electron chi connectivity index (χ3n) is 13.0. The van der Waals surface area contributed by atoms with Gasteiger partial charge in [0.2, 0.25) is 0 Å². The van der Waals surface area contributed by atoms with Gasteiger partial charge >= 0.3 is 0 Å². The van der Waals surface area contributed by atoms with E-state index in [0.29, 0.717) is 0 Å². The second-order valence-corrected chi connectivity index (χ2v) is 16.5. The Bertz CT molecular complexity index is 3330. The predicted octanol–water partition coefficient (Wildman–Crippen LogP) is 16.1. The maximum Gasteiger partial charge on any atom is 0.0742 e. The fourth-order valence-corrected chi connectivity index (χ4v) is 10.3. The van der Waals surface area contributed by atoms with Gasteiger partial charge in [-0.25, -0.2) is 0 Å². The van der Waals surface area contributed by atoms with Crippen molar-refractivity contribution in [2.24, 2.45) is 0 Å². The monoisotopic (exact) mass is 817 g/mol. The fourth-order valence-electron chi connectivity index (χ4n) is 10.3. The summed E-state index contributed by atoms with van der Waals surface area (Å²) in [5.74, 6) is 0. The summed E-state index contributed by atoms with van der Waals surface area (Å²) in [6.07, 6.45) is 0. The van der Waals surface area contributed by atoms with E-state index in [2.05, 4.69) is 275 Å². The topological polar surface area (TPSA) is 11.4 Å². The van der Waals surface area contributed by atoms with Crippen LogP contribution in [-0.2, 0) is 5.41 Å². The first-order valence-corrected chi connectivity index (χ1v) is 22.0. The highest BCUT2D eigenvalue weighted by Gasteiger charge is 2.46. The van der Waals surface area contributed by atoms with Gasteiger partial charge in [-0.05, 0) is 124 Å². The lowest BCUT2D eigenvalue weighted by atomic mass is 9.62. The highest BCUT2D eigenvalue weighted by Crippen LogP contribution is 2.58. The maximum absolute atomic E-state index is 2.46. The fraction of sp³-hybridized carbons (Fsp3) is 0.0164. The van der Waals surface area contributed by atoms with E-state index in [1.54, 1.807) is 0 Å². The minimum atomic E-state index is -0.607. The van der Waals surface area contributed by atoms with E-state index in [9.17, 15) is 0 Å². The Morgan fingerprint density at radius 2 is 0.781 bits per heavy atom. The maximum atomic E-state index is 2.46. The first-order valence-electron chi connectivity index (χ1n) is 22.0. The van der Waals surface area contributed by atoms with Crippen LogP contribution in [0.5, 0.6) is 0 Å². The molecule has 302 valence electrons. The van der Waals surface area contributed by atoms with E-state index in [4.69, 9.17) is 0 Å². The average Bonchev–Trinajstić information content (AvgIpc) is 3.71. The van der Waals surface area contributed by atoms with Gasteiger partial charge in [0.25, 0.3) is 0 Å². The zero-order valence-corrected chi connectivity index (χ0v) is 35.2. The van der Waals surface area contributed by atoms with Crippen LogP contribution in [0.15, 0.2) is 261 Å². The molecule has 0 N–H and O–H groups in total. The third kappa shape index (κ3) is 5.97. The molecule has 1 aliphatic rings. The lowest BCUT2D eigenvalue weighted by Gasteiger charge is -2.46. The van der Waals surface area contributed by atoms with Crippen molar-refractivity contribution < 1.29 is 0 Å². The van der Waals surface area contributed by atoms with E-state index in [-0.39, 0.29) is 0 Å². The molecule has 10 aromatic carbocycles. The summed E-state index contributed by atoms with van der Waals surface area (Å²) in [7, 11) is 0. The molecule has 1 aliphatic heterocycles. The molecule has 0 saturated heterocycles. The van der Waals surface area contributed by atoms with Crippen molar-refractivity contribution in [2.45, 2.75) is 5.41 Å². The summed E-state index contributed by atoms with van der Waals surface area (Å²) in [5, 5.41) is 2.48. The van der Waals surface area contributed by atoms with Gasteiger partial charge < -0.3 is 14.4 Å². The zero-order valence-electron chi connectivity index (χ0n) is 35.2. The van der Waals surface area contributed by atoms with E-state index < -0.39 is 5.41 Å². The Labute approximate surface area is 374 Å². The van der Waals surface area contributed by atoms with Crippen LogP contribution in [0, 0.1) is 0 Å². The summed E-state index contributed by atoms with van der Waals surface area (Å²) in [5.41, 5.74) is 17.0. The van der Waals surface area contributed by atoms with Crippen molar-refractivity contribution in [1.82, 2.24) is 4.57 Å². The third-order valence-corrected chi connectivity index (χ3v) is 13.0. The van der Waals surface area contributed by atoms with Crippen LogP contribution >= 0.6 is 0 Å². The van der Waals surface area contributed by atoms with Crippen LogP contribution in [0.4, 0.5) is 34.1 Å². The van der Waals surface area contributed by atoms with Crippen LogP contribution < -0.4 is 9.80 Å². The Morgan fingerprint density at radius 3 is 1.39 bits per heavy atom. The number of para-hydroxylation sites is 6. The molecule has 64 heavy (non-hydrogen) atoms. The summed E-state index contributed by atoms with van der Waals surface area (Å²) < 4.78 is 2.40. The van der Waals surface area contributed by atoms with Crippen LogP contribution in [0.1, 0.15) is 22.3 Å². The number of aromatic nitrogens is 1. The molecule has 0 unspecified atom stereocenters. The van der Waals surface area contributed by atoms with Gasteiger partial charge in [-0.2, -0.15) is 0 Å².